The second kappa shape index (κ2) is 14.8. The van der Waals surface area contributed by atoms with Gasteiger partial charge in [-0.2, -0.15) is 0 Å². The second-order valence-corrected chi connectivity index (χ2v) is 7.25. The average Bonchev–Trinajstić information content (AvgIpc) is 2.70. The van der Waals surface area contributed by atoms with Crippen LogP contribution >= 0.6 is 24.0 Å². The van der Waals surface area contributed by atoms with Crippen LogP contribution in [-0.2, 0) is 16.0 Å². The number of halogens is 1. The fourth-order valence-corrected chi connectivity index (χ4v) is 3.10. The van der Waals surface area contributed by atoms with Gasteiger partial charge in [-0.25, -0.2) is 9.98 Å². The Kier molecular flexibility index (Phi) is 13.2. The van der Waals surface area contributed by atoms with E-state index in [-0.39, 0.29) is 30.1 Å². The molecule has 7 nitrogen and oxygen atoms in total. The summed E-state index contributed by atoms with van der Waals surface area (Å²) in [5.41, 5.74) is 1.07. The van der Waals surface area contributed by atoms with Gasteiger partial charge in [-0.15, -0.1) is 24.0 Å². The Morgan fingerprint density at radius 1 is 1.28 bits per heavy atom. The first-order valence-electron chi connectivity index (χ1n) is 10.4. The fourth-order valence-electron chi connectivity index (χ4n) is 3.10. The Hall–Kier alpha value is -1.13. The van der Waals surface area contributed by atoms with E-state index in [2.05, 4.69) is 22.1 Å². The van der Waals surface area contributed by atoms with Gasteiger partial charge in [0.25, 0.3) is 0 Å². The lowest BCUT2D eigenvalue weighted by atomic mass is 10.1. The van der Waals surface area contributed by atoms with Crippen molar-refractivity contribution in [3.05, 3.63) is 23.9 Å². The molecule has 0 atom stereocenters. The number of aliphatic imine (C=N–C) groups is 1. The molecule has 2 heterocycles. The summed E-state index contributed by atoms with van der Waals surface area (Å²) < 4.78 is 16.6. The zero-order valence-electron chi connectivity index (χ0n) is 18.2. The van der Waals surface area contributed by atoms with E-state index in [9.17, 15) is 0 Å². The average molecular weight is 520 g/mol. The van der Waals surface area contributed by atoms with Gasteiger partial charge in [0, 0.05) is 52.2 Å². The topological polar surface area (TPSA) is 68.2 Å². The third-order valence-electron chi connectivity index (χ3n) is 4.49. The predicted molar refractivity (Wildman–Crippen MR) is 127 cm³/mol. The van der Waals surface area contributed by atoms with E-state index in [0.717, 1.165) is 63.6 Å². The van der Waals surface area contributed by atoms with Gasteiger partial charge in [-0.3, -0.25) is 0 Å². The maximum Gasteiger partial charge on any atom is 0.213 e. The van der Waals surface area contributed by atoms with Crippen molar-refractivity contribution in [3.63, 3.8) is 0 Å². The van der Waals surface area contributed by atoms with E-state index in [1.165, 1.54) is 0 Å². The first-order chi connectivity index (χ1) is 13.6. The molecule has 1 N–H and O–H groups in total. The molecule has 0 spiro atoms. The lowest BCUT2D eigenvalue weighted by Crippen LogP contribution is -2.47. The van der Waals surface area contributed by atoms with Crippen molar-refractivity contribution in [2.24, 2.45) is 4.99 Å². The number of guanidine groups is 1. The van der Waals surface area contributed by atoms with Crippen LogP contribution in [0, 0.1) is 0 Å². The molecule has 29 heavy (non-hydrogen) atoms. The number of nitrogens with zero attached hydrogens (tertiary/aromatic N) is 3. The van der Waals surface area contributed by atoms with Gasteiger partial charge in [0.1, 0.15) is 0 Å². The lowest BCUT2D eigenvalue weighted by Gasteiger charge is -2.34. The van der Waals surface area contributed by atoms with Crippen molar-refractivity contribution in [2.45, 2.75) is 58.8 Å². The number of aromatic nitrogens is 1. The normalized spacial score (nSPS) is 15.3. The van der Waals surface area contributed by atoms with E-state index < -0.39 is 0 Å². The van der Waals surface area contributed by atoms with Gasteiger partial charge in [0.2, 0.25) is 5.88 Å². The molecule has 1 aromatic heterocycles. The number of hydrogen-bond acceptors (Lipinski definition) is 5. The van der Waals surface area contributed by atoms with Crippen LogP contribution in [0.4, 0.5) is 0 Å². The number of methoxy groups -OCH3 is 1. The van der Waals surface area contributed by atoms with E-state index in [4.69, 9.17) is 19.2 Å². The fraction of sp³-hybridized carbons (Fsp3) is 0.714. The van der Waals surface area contributed by atoms with Gasteiger partial charge in [0.15, 0.2) is 5.96 Å². The zero-order chi connectivity index (χ0) is 20.2. The standard InChI is InChI=1S/C21H36N4O3.HI/c1-5-22-21(24-16-18-7-8-20(23-15-18)28-17(2)3)25-11-9-19(10-12-25)27-14-6-13-26-4;/h7-8,15,17,19H,5-6,9-14,16H2,1-4H3,(H,22,24);1H. The Bertz CT molecular complexity index is 576. The maximum absolute atomic E-state index is 5.95. The highest BCUT2D eigenvalue weighted by Gasteiger charge is 2.21. The monoisotopic (exact) mass is 520 g/mol. The molecule has 0 bridgehead atoms. The zero-order valence-corrected chi connectivity index (χ0v) is 20.6. The van der Waals surface area contributed by atoms with E-state index in [0.29, 0.717) is 18.5 Å². The molecule has 1 aliphatic rings. The van der Waals surface area contributed by atoms with Crippen molar-refractivity contribution in [1.82, 2.24) is 15.2 Å². The molecule has 8 heteroatoms. The number of ether oxygens (including phenoxy) is 3. The number of hydrogen-bond donors (Lipinski definition) is 1. The van der Waals surface area contributed by atoms with E-state index in [1.807, 2.05) is 32.2 Å². The van der Waals surface area contributed by atoms with Gasteiger partial charge in [0.05, 0.1) is 18.8 Å². The number of pyridine rings is 1. The molecular formula is C21H37IN4O3. The maximum atomic E-state index is 5.95. The summed E-state index contributed by atoms with van der Waals surface area (Å²) in [7, 11) is 1.73. The molecule has 1 saturated heterocycles. The molecule has 1 aromatic rings. The lowest BCUT2D eigenvalue weighted by molar-refractivity contribution is 0.00990. The van der Waals surface area contributed by atoms with Crippen LogP contribution in [-0.4, -0.2) is 68.0 Å². The first-order valence-corrected chi connectivity index (χ1v) is 10.4. The number of likely N-dealkylation sites (tertiary alicyclic amines) is 1. The molecule has 1 aliphatic heterocycles. The Balaban J connectivity index is 0.00000420. The Labute approximate surface area is 192 Å². The molecule has 0 aliphatic carbocycles. The van der Waals surface area contributed by atoms with Crippen LogP contribution in [0.2, 0.25) is 0 Å². The van der Waals surface area contributed by atoms with Crippen molar-refractivity contribution in [2.75, 3.05) is 40.0 Å². The minimum Gasteiger partial charge on any atom is -0.475 e. The molecule has 1 fully saturated rings. The molecule has 0 aromatic carbocycles. The molecular weight excluding hydrogens is 483 g/mol. The minimum atomic E-state index is 0. The predicted octanol–water partition coefficient (Wildman–Crippen LogP) is 3.47. The first kappa shape index (κ1) is 25.9. The number of piperidine rings is 1. The third kappa shape index (κ3) is 9.95. The molecule has 166 valence electrons. The van der Waals surface area contributed by atoms with Gasteiger partial charge in [-0.1, -0.05) is 6.07 Å². The summed E-state index contributed by atoms with van der Waals surface area (Å²) in [6.45, 7) is 11.0. The highest BCUT2D eigenvalue weighted by Crippen LogP contribution is 2.15. The summed E-state index contributed by atoms with van der Waals surface area (Å²) in [6, 6.07) is 3.93. The molecule has 0 radical (unpaired) electrons. The minimum absolute atomic E-state index is 0. The molecule has 0 saturated carbocycles. The third-order valence-corrected chi connectivity index (χ3v) is 4.49. The summed E-state index contributed by atoms with van der Waals surface area (Å²) in [5, 5.41) is 3.41. The summed E-state index contributed by atoms with van der Waals surface area (Å²) >= 11 is 0. The quantitative estimate of drug-likeness (QED) is 0.221. The smallest absolute Gasteiger partial charge is 0.213 e. The van der Waals surface area contributed by atoms with Gasteiger partial charge in [-0.05, 0) is 45.6 Å². The van der Waals surface area contributed by atoms with Gasteiger partial charge < -0.3 is 24.4 Å². The van der Waals surface area contributed by atoms with Crippen LogP contribution in [0.5, 0.6) is 5.88 Å². The Morgan fingerprint density at radius 2 is 2.03 bits per heavy atom. The molecule has 2 rings (SSSR count). The Morgan fingerprint density at radius 3 is 2.62 bits per heavy atom. The largest absolute Gasteiger partial charge is 0.475 e. The van der Waals surface area contributed by atoms with Crippen molar-refractivity contribution < 1.29 is 14.2 Å². The van der Waals surface area contributed by atoms with Crippen molar-refractivity contribution >= 4 is 29.9 Å². The van der Waals surface area contributed by atoms with Crippen molar-refractivity contribution in [1.29, 1.82) is 0 Å². The number of rotatable bonds is 10. The van der Waals surface area contributed by atoms with Crippen LogP contribution < -0.4 is 10.1 Å². The van der Waals surface area contributed by atoms with Crippen LogP contribution in [0.3, 0.4) is 0 Å². The second-order valence-electron chi connectivity index (χ2n) is 7.25. The van der Waals surface area contributed by atoms with E-state index in [1.54, 1.807) is 7.11 Å². The highest BCUT2D eigenvalue weighted by atomic mass is 127. The molecule has 0 amide bonds. The highest BCUT2D eigenvalue weighted by molar-refractivity contribution is 14.0. The van der Waals surface area contributed by atoms with Crippen LogP contribution in [0.1, 0.15) is 45.6 Å². The van der Waals surface area contributed by atoms with Crippen LogP contribution in [0.25, 0.3) is 0 Å². The number of nitrogens with one attached hydrogen (secondary N) is 1. The summed E-state index contributed by atoms with van der Waals surface area (Å²) in [6.07, 6.45) is 5.32. The summed E-state index contributed by atoms with van der Waals surface area (Å²) in [4.78, 5) is 11.5. The SMILES string of the molecule is CCNC(=NCc1ccc(OC(C)C)nc1)N1CCC(OCCCOC)CC1.I. The summed E-state index contributed by atoms with van der Waals surface area (Å²) in [5.74, 6) is 1.62. The molecule has 0 unspecified atom stereocenters. The van der Waals surface area contributed by atoms with Gasteiger partial charge >= 0.3 is 0 Å². The van der Waals surface area contributed by atoms with E-state index >= 15 is 0 Å². The van der Waals surface area contributed by atoms with Crippen LogP contribution in [0.15, 0.2) is 23.3 Å². The van der Waals surface area contributed by atoms with Crippen molar-refractivity contribution in [3.8, 4) is 5.88 Å².